The van der Waals surface area contributed by atoms with Crippen LogP contribution in [0.5, 0.6) is 0 Å². The number of ether oxygens (including phenoxy) is 1. The van der Waals surface area contributed by atoms with E-state index in [1.807, 2.05) is 52.8 Å². The van der Waals surface area contributed by atoms with E-state index in [4.69, 9.17) is 14.0 Å². The molecular formula is C26H40BF2N3O3. The standard InChI is InChI=1S/C26H40BF2N3O3/c1-8-11-12-22-30-23(26(28,29)15-9-2)31-32(22)17-19-13-14-21(20(16-19)18-33-10-3)27-34-24(4,5)25(6,7)35-27/h13-14,16H,8-12,15,17-18H2,1-7H3. The monoisotopic (exact) mass is 491 g/mol. The van der Waals surface area contributed by atoms with Crippen molar-refractivity contribution in [3.63, 3.8) is 0 Å². The van der Waals surface area contributed by atoms with Gasteiger partial charge in [-0.1, -0.05) is 38.5 Å². The Morgan fingerprint density at radius 3 is 2.34 bits per heavy atom. The minimum Gasteiger partial charge on any atom is -0.399 e. The smallest absolute Gasteiger partial charge is 0.399 e. The summed E-state index contributed by atoms with van der Waals surface area (Å²) in [7, 11) is -0.504. The molecule has 1 aromatic carbocycles. The van der Waals surface area contributed by atoms with Crippen LogP contribution in [0.25, 0.3) is 0 Å². The third-order valence-corrected chi connectivity index (χ3v) is 6.90. The summed E-state index contributed by atoms with van der Waals surface area (Å²) in [4.78, 5) is 4.26. The van der Waals surface area contributed by atoms with Gasteiger partial charge in [0.15, 0.2) is 0 Å². The number of unbranched alkanes of at least 4 members (excludes halogenated alkanes) is 1. The van der Waals surface area contributed by atoms with Crippen molar-refractivity contribution in [2.24, 2.45) is 0 Å². The van der Waals surface area contributed by atoms with Gasteiger partial charge in [-0.25, -0.2) is 9.67 Å². The van der Waals surface area contributed by atoms with Crippen molar-refractivity contribution < 1.29 is 22.8 Å². The summed E-state index contributed by atoms with van der Waals surface area (Å²) in [5.74, 6) is -2.81. The summed E-state index contributed by atoms with van der Waals surface area (Å²) >= 11 is 0. The lowest BCUT2D eigenvalue weighted by Gasteiger charge is -2.32. The molecule has 0 spiro atoms. The molecule has 0 saturated carbocycles. The minimum atomic E-state index is -3.03. The van der Waals surface area contributed by atoms with E-state index in [1.54, 1.807) is 11.6 Å². The largest absolute Gasteiger partial charge is 0.495 e. The number of rotatable bonds is 12. The summed E-state index contributed by atoms with van der Waals surface area (Å²) < 4.78 is 49.1. The Hall–Kier alpha value is -1.84. The molecule has 194 valence electrons. The van der Waals surface area contributed by atoms with Crippen molar-refractivity contribution in [1.82, 2.24) is 14.8 Å². The summed E-state index contributed by atoms with van der Waals surface area (Å²) in [5, 5.41) is 4.25. The van der Waals surface area contributed by atoms with Crippen LogP contribution in [0.4, 0.5) is 8.78 Å². The first-order valence-corrected chi connectivity index (χ1v) is 12.8. The first kappa shape index (κ1) is 27.7. The molecule has 2 heterocycles. The number of alkyl halides is 2. The van der Waals surface area contributed by atoms with Crippen LogP contribution in [-0.2, 0) is 39.5 Å². The maximum atomic E-state index is 14.6. The van der Waals surface area contributed by atoms with E-state index in [2.05, 4.69) is 17.0 Å². The predicted molar refractivity (Wildman–Crippen MR) is 134 cm³/mol. The molecule has 0 unspecified atom stereocenters. The quantitative estimate of drug-likeness (QED) is 0.373. The lowest BCUT2D eigenvalue weighted by molar-refractivity contribution is -0.0232. The van der Waals surface area contributed by atoms with Gasteiger partial charge in [0.2, 0.25) is 5.82 Å². The van der Waals surface area contributed by atoms with E-state index >= 15 is 0 Å². The van der Waals surface area contributed by atoms with Gasteiger partial charge in [-0.3, -0.25) is 0 Å². The molecule has 1 fully saturated rings. The zero-order valence-corrected chi connectivity index (χ0v) is 22.3. The number of nitrogens with zero attached hydrogens (tertiary/aromatic N) is 3. The molecule has 0 amide bonds. The third kappa shape index (κ3) is 6.30. The van der Waals surface area contributed by atoms with Crippen LogP contribution in [0.15, 0.2) is 18.2 Å². The van der Waals surface area contributed by atoms with Gasteiger partial charge in [0, 0.05) is 19.4 Å². The highest BCUT2D eigenvalue weighted by Gasteiger charge is 2.52. The summed E-state index contributed by atoms with van der Waals surface area (Å²) in [6.07, 6.45) is 2.55. The highest BCUT2D eigenvalue weighted by Crippen LogP contribution is 2.37. The molecule has 2 aromatic rings. The molecule has 1 aromatic heterocycles. The Kier molecular flexibility index (Phi) is 8.76. The molecule has 1 saturated heterocycles. The van der Waals surface area contributed by atoms with Crippen molar-refractivity contribution in [3.05, 3.63) is 41.0 Å². The fourth-order valence-electron chi connectivity index (χ4n) is 4.07. The molecule has 1 aliphatic rings. The molecule has 0 N–H and O–H groups in total. The SMILES string of the molecule is CCCCc1nc(C(F)(F)CCC)nn1Cc1ccc(B2OC(C)(C)C(C)(C)O2)c(COCC)c1. The predicted octanol–water partition coefficient (Wildman–Crippen LogP) is 5.40. The van der Waals surface area contributed by atoms with E-state index in [0.717, 1.165) is 29.4 Å². The van der Waals surface area contributed by atoms with Crippen LogP contribution >= 0.6 is 0 Å². The van der Waals surface area contributed by atoms with E-state index in [-0.39, 0.29) is 12.2 Å². The highest BCUT2D eigenvalue weighted by molar-refractivity contribution is 6.62. The fourth-order valence-corrected chi connectivity index (χ4v) is 4.07. The molecule has 0 radical (unpaired) electrons. The topological polar surface area (TPSA) is 58.4 Å². The van der Waals surface area contributed by atoms with E-state index < -0.39 is 24.2 Å². The average Bonchev–Trinajstić information content (AvgIpc) is 3.28. The number of benzene rings is 1. The number of halogens is 2. The molecule has 35 heavy (non-hydrogen) atoms. The van der Waals surface area contributed by atoms with E-state index in [9.17, 15) is 8.78 Å². The van der Waals surface area contributed by atoms with Crippen molar-refractivity contribution in [2.75, 3.05) is 6.61 Å². The average molecular weight is 491 g/mol. The van der Waals surface area contributed by atoms with E-state index in [0.29, 0.717) is 38.4 Å². The molecule has 0 aliphatic carbocycles. The van der Waals surface area contributed by atoms with Crippen LogP contribution in [0.2, 0.25) is 0 Å². The van der Waals surface area contributed by atoms with Crippen LogP contribution in [0.3, 0.4) is 0 Å². The van der Waals surface area contributed by atoms with Crippen molar-refractivity contribution in [1.29, 1.82) is 0 Å². The zero-order chi connectivity index (χ0) is 25.9. The number of hydrogen-bond acceptors (Lipinski definition) is 5. The first-order chi connectivity index (χ1) is 16.4. The number of aryl methyl sites for hydroxylation is 1. The summed E-state index contributed by atoms with van der Waals surface area (Å²) in [6.45, 7) is 15.2. The highest BCUT2D eigenvalue weighted by atomic mass is 19.3. The van der Waals surface area contributed by atoms with Gasteiger partial charge in [-0.05, 0) is 64.1 Å². The molecule has 3 rings (SSSR count). The first-order valence-electron chi connectivity index (χ1n) is 12.8. The van der Waals surface area contributed by atoms with Gasteiger partial charge in [-0.15, -0.1) is 5.10 Å². The van der Waals surface area contributed by atoms with Gasteiger partial charge in [-0.2, -0.15) is 8.78 Å². The van der Waals surface area contributed by atoms with Crippen molar-refractivity contribution in [3.8, 4) is 0 Å². The van der Waals surface area contributed by atoms with Crippen LogP contribution in [-0.4, -0.2) is 39.7 Å². The maximum absolute atomic E-state index is 14.6. The second-order valence-electron chi connectivity index (χ2n) is 10.3. The second kappa shape index (κ2) is 11.1. The number of aromatic nitrogens is 3. The minimum absolute atomic E-state index is 0.258. The molecule has 6 nitrogen and oxygen atoms in total. The summed E-state index contributed by atoms with van der Waals surface area (Å²) in [6, 6.07) is 6.00. The van der Waals surface area contributed by atoms with Gasteiger partial charge in [0.25, 0.3) is 0 Å². The summed E-state index contributed by atoms with van der Waals surface area (Å²) in [5.41, 5.74) is 1.91. The maximum Gasteiger partial charge on any atom is 0.495 e. The fraction of sp³-hybridized carbons (Fsp3) is 0.692. The molecule has 1 aliphatic heterocycles. The Morgan fingerprint density at radius 2 is 1.74 bits per heavy atom. The van der Waals surface area contributed by atoms with Crippen molar-refractivity contribution >= 4 is 12.6 Å². The van der Waals surface area contributed by atoms with Gasteiger partial charge < -0.3 is 14.0 Å². The molecule has 0 bridgehead atoms. The normalized spacial score (nSPS) is 17.3. The van der Waals surface area contributed by atoms with Crippen LogP contribution in [0, 0.1) is 0 Å². The van der Waals surface area contributed by atoms with E-state index in [1.165, 1.54) is 0 Å². The van der Waals surface area contributed by atoms with Crippen molar-refractivity contribution in [2.45, 2.75) is 111 Å². The van der Waals surface area contributed by atoms with Crippen LogP contribution in [0.1, 0.15) is 96.9 Å². The second-order valence-corrected chi connectivity index (χ2v) is 10.3. The molecule has 0 atom stereocenters. The molecule has 9 heteroatoms. The zero-order valence-electron chi connectivity index (χ0n) is 22.3. The third-order valence-electron chi connectivity index (χ3n) is 6.90. The number of hydrogen-bond donors (Lipinski definition) is 0. The van der Waals surface area contributed by atoms with Crippen LogP contribution < -0.4 is 5.46 Å². The Morgan fingerprint density at radius 1 is 1.06 bits per heavy atom. The van der Waals surface area contributed by atoms with Gasteiger partial charge >= 0.3 is 13.0 Å². The molecular weight excluding hydrogens is 451 g/mol. The Balaban J connectivity index is 1.92. The Bertz CT molecular complexity index is 978. The lowest BCUT2D eigenvalue weighted by Crippen LogP contribution is -2.41. The Labute approximate surface area is 208 Å². The van der Waals surface area contributed by atoms with Gasteiger partial charge in [0.05, 0.1) is 24.4 Å². The lowest BCUT2D eigenvalue weighted by atomic mass is 9.75. The van der Waals surface area contributed by atoms with Gasteiger partial charge in [0.1, 0.15) is 5.82 Å².